The number of esters is 1. The van der Waals surface area contributed by atoms with Gasteiger partial charge in [0.05, 0.1) is 6.10 Å². The lowest BCUT2D eigenvalue weighted by molar-refractivity contribution is -0.142. The molecule has 2 heterocycles. The van der Waals surface area contributed by atoms with Gasteiger partial charge in [-0.25, -0.2) is 9.18 Å². The van der Waals surface area contributed by atoms with Crippen molar-refractivity contribution in [1.82, 2.24) is 21.1 Å². The van der Waals surface area contributed by atoms with Crippen LogP contribution in [-0.2, 0) is 25.5 Å². The van der Waals surface area contributed by atoms with Crippen molar-refractivity contribution >= 4 is 23.7 Å². The molecule has 1 saturated heterocycles. The van der Waals surface area contributed by atoms with Crippen LogP contribution in [0, 0.1) is 30.0 Å². The number of rotatable bonds is 11. The molecule has 11 nitrogen and oxygen atoms in total. The fourth-order valence-electron chi connectivity index (χ4n) is 4.22. The first-order valence-electron chi connectivity index (χ1n) is 12.9. The number of carbonyl (C=O) groups excluding carboxylic acids is 4. The summed E-state index contributed by atoms with van der Waals surface area (Å²) in [5, 5.41) is 21.5. The second-order valence-electron chi connectivity index (χ2n) is 9.81. The third-order valence-corrected chi connectivity index (χ3v) is 6.15. The van der Waals surface area contributed by atoms with Crippen molar-refractivity contribution in [3.63, 3.8) is 0 Å². The SMILES string of the molecule is Cc1cc(C(=O)N[C@@H](Cc2ccc(F)cc2)C(=O)N[C@H](/C=C(\C#N)C(=O)OC(C)C)C[C@@H]2CCCNC2=O)no1. The van der Waals surface area contributed by atoms with Crippen LogP contribution in [0.1, 0.15) is 54.9 Å². The van der Waals surface area contributed by atoms with Gasteiger partial charge in [-0.15, -0.1) is 0 Å². The summed E-state index contributed by atoms with van der Waals surface area (Å²) >= 11 is 0. The average molecular weight is 554 g/mol. The van der Waals surface area contributed by atoms with Crippen LogP contribution in [0.5, 0.6) is 0 Å². The molecule has 1 aliphatic heterocycles. The zero-order valence-corrected chi connectivity index (χ0v) is 22.5. The van der Waals surface area contributed by atoms with E-state index in [4.69, 9.17) is 9.26 Å². The van der Waals surface area contributed by atoms with E-state index in [2.05, 4.69) is 21.1 Å². The van der Waals surface area contributed by atoms with Gasteiger partial charge in [0.25, 0.3) is 5.91 Å². The topological polar surface area (TPSA) is 163 Å². The Morgan fingerprint density at radius 3 is 2.60 bits per heavy atom. The second-order valence-corrected chi connectivity index (χ2v) is 9.81. The lowest BCUT2D eigenvalue weighted by Gasteiger charge is -2.27. The molecule has 1 aromatic carbocycles. The molecule has 0 spiro atoms. The van der Waals surface area contributed by atoms with Gasteiger partial charge >= 0.3 is 5.97 Å². The highest BCUT2D eigenvalue weighted by molar-refractivity contribution is 5.96. The number of halogens is 1. The van der Waals surface area contributed by atoms with Gasteiger partial charge in [0.1, 0.15) is 29.3 Å². The molecule has 3 atom stereocenters. The van der Waals surface area contributed by atoms with Crippen LogP contribution in [0.4, 0.5) is 4.39 Å². The molecule has 212 valence electrons. The van der Waals surface area contributed by atoms with E-state index in [-0.39, 0.29) is 30.0 Å². The Labute approximate surface area is 231 Å². The third kappa shape index (κ3) is 8.76. The van der Waals surface area contributed by atoms with E-state index in [9.17, 15) is 28.8 Å². The van der Waals surface area contributed by atoms with E-state index in [0.29, 0.717) is 24.3 Å². The minimum absolute atomic E-state index is 0.00443. The molecule has 1 aromatic heterocycles. The van der Waals surface area contributed by atoms with Crippen molar-refractivity contribution in [3.8, 4) is 6.07 Å². The fraction of sp³-hybridized carbons (Fsp3) is 0.429. The van der Waals surface area contributed by atoms with Crippen LogP contribution >= 0.6 is 0 Å². The number of hydrogen-bond acceptors (Lipinski definition) is 8. The largest absolute Gasteiger partial charge is 0.459 e. The molecule has 0 aliphatic carbocycles. The molecular weight excluding hydrogens is 521 g/mol. The van der Waals surface area contributed by atoms with Gasteiger partial charge in [-0.2, -0.15) is 5.26 Å². The number of amides is 3. The monoisotopic (exact) mass is 553 g/mol. The first kappa shape index (κ1) is 30.0. The van der Waals surface area contributed by atoms with Crippen molar-refractivity contribution in [3.05, 3.63) is 64.8 Å². The van der Waals surface area contributed by atoms with Crippen LogP contribution in [-0.4, -0.2) is 53.6 Å². The molecule has 0 saturated carbocycles. The second kappa shape index (κ2) is 14.0. The van der Waals surface area contributed by atoms with Gasteiger partial charge in [0.15, 0.2) is 5.69 Å². The van der Waals surface area contributed by atoms with Gasteiger partial charge in [-0.3, -0.25) is 14.4 Å². The number of benzene rings is 1. The molecule has 0 unspecified atom stereocenters. The summed E-state index contributed by atoms with van der Waals surface area (Å²) < 4.78 is 23.6. The number of nitrogens with one attached hydrogen (secondary N) is 3. The molecule has 1 fully saturated rings. The maximum atomic E-state index is 13.6. The zero-order valence-electron chi connectivity index (χ0n) is 22.5. The highest BCUT2D eigenvalue weighted by Gasteiger charge is 2.30. The Kier molecular flexibility index (Phi) is 10.5. The first-order valence-corrected chi connectivity index (χ1v) is 12.9. The number of aromatic nitrogens is 1. The first-order chi connectivity index (χ1) is 19.0. The molecular formula is C28H32FN5O6. The highest BCUT2D eigenvalue weighted by Crippen LogP contribution is 2.19. The number of hydrogen-bond donors (Lipinski definition) is 3. The number of aryl methyl sites for hydroxylation is 1. The van der Waals surface area contributed by atoms with E-state index in [1.165, 1.54) is 36.4 Å². The Morgan fingerprint density at radius 1 is 1.27 bits per heavy atom. The Hall–Kier alpha value is -4.53. The van der Waals surface area contributed by atoms with Gasteiger partial charge in [-0.1, -0.05) is 17.3 Å². The summed E-state index contributed by atoms with van der Waals surface area (Å²) in [6.07, 6.45) is 2.19. The van der Waals surface area contributed by atoms with E-state index in [1.807, 2.05) is 0 Å². The number of carbonyl (C=O) groups is 4. The molecule has 0 bridgehead atoms. The van der Waals surface area contributed by atoms with E-state index in [0.717, 1.165) is 6.42 Å². The molecule has 2 aromatic rings. The smallest absolute Gasteiger partial charge is 0.348 e. The zero-order chi connectivity index (χ0) is 29.2. The van der Waals surface area contributed by atoms with Crippen molar-refractivity contribution in [2.45, 2.75) is 64.6 Å². The number of nitriles is 1. The quantitative estimate of drug-likeness (QED) is 0.217. The lowest BCUT2D eigenvalue weighted by Crippen LogP contribution is -2.51. The van der Waals surface area contributed by atoms with Crippen molar-refractivity contribution < 1.29 is 32.8 Å². The summed E-state index contributed by atoms with van der Waals surface area (Å²) in [6, 6.07) is 6.59. The minimum atomic E-state index is -1.15. The average Bonchev–Trinajstić information content (AvgIpc) is 3.35. The van der Waals surface area contributed by atoms with E-state index < -0.39 is 47.7 Å². The van der Waals surface area contributed by atoms with Crippen molar-refractivity contribution in [1.29, 1.82) is 5.26 Å². The number of nitrogens with zero attached hydrogens (tertiary/aromatic N) is 2. The van der Waals surface area contributed by atoms with Gasteiger partial charge in [-0.05, 0) is 63.8 Å². The lowest BCUT2D eigenvalue weighted by atomic mass is 9.90. The minimum Gasteiger partial charge on any atom is -0.459 e. The van der Waals surface area contributed by atoms with Gasteiger partial charge in [0.2, 0.25) is 11.8 Å². The van der Waals surface area contributed by atoms with Gasteiger partial charge < -0.3 is 25.2 Å². The van der Waals surface area contributed by atoms with Crippen molar-refractivity contribution in [2.24, 2.45) is 5.92 Å². The molecule has 1 aliphatic rings. The fourth-order valence-corrected chi connectivity index (χ4v) is 4.22. The van der Waals surface area contributed by atoms with E-state index >= 15 is 0 Å². The van der Waals surface area contributed by atoms with Crippen LogP contribution < -0.4 is 16.0 Å². The molecule has 3 N–H and O–H groups in total. The van der Waals surface area contributed by atoms with E-state index in [1.54, 1.807) is 26.8 Å². The normalized spacial score (nSPS) is 16.9. The summed E-state index contributed by atoms with van der Waals surface area (Å²) in [6.45, 7) is 5.43. The Balaban J connectivity index is 1.88. The van der Waals surface area contributed by atoms with Crippen molar-refractivity contribution in [2.75, 3.05) is 6.54 Å². The van der Waals surface area contributed by atoms with Crippen LogP contribution in [0.3, 0.4) is 0 Å². The standard InChI is InChI=1S/C28H32FN5O6/c1-16(2)39-28(38)20(15-30)14-22(13-19-5-4-10-31-25(19)35)32-26(36)23(12-18-6-8-21(29)9-7-18)33-27(37)24-11-17(3)40-34-24/h6-9,11,14,16,19,22-23H,4-5,10,12-13H2,1-3H3,(H,31,35)(H,32,36)(H,33,37)/b20-14+/t19-,22-,23-/m0/s1. The summed E-state index contributed by atoms with van der Waals surface area (Å²) in [4.78, 5) is 51.3. The Bertz CT molecular complexity index is 1300. The predicted molar refractivity (Wildman–Crippen MR) is 140 cm³/mol. The third-order valence-electron chi connectivity index (χ3n) is 6.15. The molecule has 12 heteroatoms. The summed E-state index contributed by atoms with van der Waals surface area (Å²) in [7, 11) is 0. The van der Waals surface area contributed by atoms with Gasteiger partial charge in [0, 0.05) is 31.0 Å². The molecule has 40 heavy (non-hydrogen) atoms. The Morgan fingerprint density at radius 2 is 2.00 bits per heavy atom. The highest BCUT2D eigenvalue weighted by atomic mass is 19.1. The predicted octanol–water partition coefficient (Wildman–Crippen LogP) is 2.27. The maximum Gasteiger partial charge on any atom is 0.348 e. The summed E-state index contributed by atoms with van der Waals surface area (Å²) in [5.74, 6) is -2.90. The molecule has 3 rings (SSSR count). The van der Waals surface area contributed by atoms with Crippen LogP contribution in [0.15, 0.2) is 46.5 Å². The molecule has 3 amide bonds. The van der Waals surface area contributed by atoms with Crippen LogP contribution in [0.25, 0.3) is 0 Å². The maximum absolute atomic E-state index is 13.6. The number of ether oxygens (including phenoxy) is 1. The summed E-state index contributed by atoms with van der Waals surface area (Å²) in [5.41, 5.74) is 0.204. The molecule has 0 radical (unpaired) electrons. The number of piperidine rings is 1. The van der Waals surface area contributed by atoms with Crippen LogP contribution in [0.2, 0.25) is 0 Å².